The number of nitrogens with one attached hydrogen (secondary N) is 1. The summed E-state index contributed by atoms with van der Waals surface area (Å²) < 4.78 is 19.3. The first-order chi connectivity index (χ1) is 24.6. The molecule has 4 aliphatic rings. The van der Waals surface area contributed by atoms with Gasteiger partial charge in [0, 0.05) is 50.5 Å². The fraction of sp³-hybridized carbons (Fsp3) is 0.459. The van der Waals surface area contributed by atoms with E-state index in [1.54, 1.807) is 0 Å². The summed E-state index contributed by atoms with van der Waals surface area (Å²) in [5.74, 6) is 2.95. The summed E-state index contributed by atoms with van der Waals surface area (Å²) in [7, 11) is 0. The Kier molecular flexibility index (Phi) is 7.86. The summed E-state index contributed by atoms with van der Waals surface area (Å²) in [4.78, 5) is 32.4. The fourth-order valence-electron chi connectivity index (χ4n) is 8.45. The average molecular weight is 676 g/mol. The average Bonchev–Trinajstić information content (AvgIpc) is 3.38. The number of hydrogen-bond acceptors (Lipinski definition) is 11. The Morgan fingerprint density at radius 2 is 1.98 bits per heavy atom. The van der Waals surface area contributed by atoms with Crippen molar-refractivity contribution in [2.24, 2.45) is 11.8 Å². The van der Waals surface area contributed by atoms with Crippen LogP contribution >= 0.6 is 0 Å². The van der Waals surface area contributed by atoms with Crippen LogP contribution in [0.1, 0.15) is 61.0 Å². The van der Waals surface area contributed by atoms with Gasteiger partial charge in [-0.25, -0.2) is 19.4 Å². The summed E-state index contributed by atoms with van der Waals surface area (Å²) in [5.41, 5.74) is 5.14. The Bertz CT molecular complexity index is 2010. The van der Waals surface area contributed by atoms with E-state index in [0.717, 1.165) is 109 Å². The maximum absolute atomic E-state index is 12.9. The maximum atomic E-state index is 12.9. The van der Waals surface area contributed by atoms with Crippen LogP contribution in [0, 0.1) is 18.8 Å². The molecular weight excluding hydrogens is 634 g/mol. The Balaban J connectivity index is 0.990. The molecule has 4 unspecified atom stereocenters. The number of aryl methyl sites for hydroxylation is 2. The Labute approximate surface area is 290 Å². The molecule has 258 valence electrons. The number of benzene rings is 1. The highest BCUT2D eigenvalue weighted by Gasteiger charge is 2.68. The molecule has 0 spiro atoms. The smallest absolute Gasteiger partial charge is 0.407 e. The minimum Gasteiger partial charge on any atom is -0.445 e. The van der Waals surface area contributed by atoms with Gasteiger partial charge in [-0.1, -0.05) is 35.5 Å². The minimum atomic E-state index is -0.439. The fourth-order valence-corrected chi connectivity index (χ4v) is 8.45. The lowest BCUT2D eigenvalue weighted by molar-refractivity contribution is -0.0368. The van der Waals surface area contributed by atoms with Crippen LogP contribution in [0.25, 0.3) is 11.2 Å². The zero-order chi connectivity index (χ0) is 33.7. The van der Waals surface area contributed by atoms with Gasteiger partial charge in [0.1, 0.15) is 18.2 Å². The SMILES string of the molecule is Cc1cc(C2(CNC(=O)OCc3ccccc3)C3CCN(c4cnc5c(N6CCCc7ncccc76)nn(C6CCCCO6)c5n4)CC32)no1. The third-order valence-corrected chi connectivity index (χ3v) is 11.0. The van der Waals surface area contributed by atoms with E-state index in [2.05, 4.69) is 31.3 Å². The molecule has 4 aromatic heterocycles. The first-order valence-electron chi connectivity index (χ1n) is 17.8. The number of ether oxygens (including phenoxy) is 2. The number of fused-ring (bicyclic) bond motifs is 3. The normalized spacial score (nSPS) is 24.5. The molecule has 3 fully saturated rings. The molecule has 0 radical (unpaired) electrons. The maximum Gasteiger partial charge on any atom is 0.407 e. The zero-order valence-corrected chi connectivity index (χ0v) is 28.2. The molecule has 13 heteroatoms. The van der Waals surface area contributed by atoms with Crippen LogP contribution in [0.15, 0.2) is 65.4 Å². The van der Waals surface area contributed by atoms with Crippen molar-refractivity contribution in [3.05, 3.63) is 83.6 Å². The molecule has 1 N–H and O–H groups in total. The van der Waals surface area contributed by atoms with Crippen molar-refractivity contribution in [1.82, 2.24) is 35.2 Å². The number of pyridine rings is 1. The summed E-state index contributed by atoms with van der Waals surface area (Å²) in [6.45, 7) is 5.65. The van der Waals surface area contributed by atoms with Crippen molar-refractivity contribution in [3.63, 3.8) is 0 Å². The van der Waals surface area contributed by atoms with Crippen LogP contribution in [-0.2, 0) is 27.9 Å². The largest absolute Gasteiger partial charge is 0.445 e. The van der Waals surface area contributed by atoms with Gasteiger partial charge in [-0.3, -0.25) is 4.98 Å². The highest BCUT2D eigenvalue weighted by atomic mass is 16.5. The van der Waals surface area contributed by atoms with Crippen LogP contribution in [0.4, 0.5) is 22.1 Å². The lowest BCUT2D eigenvalue weighted by atomic mass is 9.96. The van der Waals surface area contributed by atoms with Gasteiger partial charge in [-0.15, -0.1) is 5.10 Å². The van der Waals surface area contributed by atoms with Crippen molar-refractivity contribution >= 4 is 34.6 Å². The zero-order valence-electron chi connectivity index (χ0n) is 28.2. The molecule has 13 nitrogen and oxygen atoms in total. The molecule has 1 aliphatic carbocycles. The van der Waals surface area contributed by atoms with E-state index in [1.807, 2.05) is 66.5 Å². The lowest BCUT2D eigenvalue weighted by Crippen LogP contribution is -2.36. The summed E-state index contributed by atoms with van der Waals surface area (Å²) in [6, 6.07) is 15.8. The number of aromatic nitrogens is 6. The van der Waals surface area contributed by atoms with Crippen LogP contribution in [0.5, 0.6) is 0 Å². The first-order valence-corrected chi connectivity index (χ1v) is 17.8. The van der Waals surface area contributed by atoms with Crippen molar-refractivity contribution in [2.75, 3.05) is 42.6 Å². The third kappa shape index (κ3) is 5.44. The molecule has 0 bridgehead atoms. The molecule has 3 aliphatic heterocycles. The molecule has 5 aromatic rings. The molecule has 2 saturated heterocycles. The predicted octanol–water partition coefficient (Wildman–Crippen LogP) is 5.62. The number of piperidine rings is 1. The molecule has 50 heavy (non-hydrogen) atoms. The molecule has 1 aromatic carbocycles. The Hall–Kier alpha value is -5.04. The second kappa shape index (κ2) is 12.7. The summed E-state index contributed by atoms with van der Waals surface area (Å²) >= 11 is 0. The molecule has 1 saturated carbocycles. The van der Waals surface area contributed by atoms with Gasteiger partial charge in [0.25, 0.3) is 0 Å². The van der Waals surface area contributed by atoms with Crippen LogP contribution in [0.2, 0.25) is 0 Å². The summed E-state index contributed by atoms with van der Waals surface area (Å²) in [6.07, 6.45) is 8.99. The van der Waals surface area contributed by atoms with Gasteiger partial charge < -0.3 is 29.1 Å². The second-order valence-electron chi connectivity index (χ2n) is 13.9. The molecule has 7 heterocycles. The number of carbonyl (C=O) groups is 1. The quantitative estimate of drug-likeness (QED) is 0.219. The van der Waals surface area contributed by atoms with E-state index in [4.69, 9.17) is 29.1 Å². The van der Waals surface area contributed by atoms with Gasteiger partial charge in [0.15, 0.2) is 23.2 Å². The summed E-state index contributed by atoms with van der Waals surface area (Å²) in [5, 5.41) is 12.7. The Morgan fingerprint density at radius 3 is 2.82 bits per heavy atom. The standard InChI is InChI=1S/C37H41N9O4/c1-24-19-30(43-50-24)37(23-40-36(47)49-22-25-9-3-2-4-10-25)26-14-17-44(21-27(26)37)31-20-39-33-34(41-31)46(32-13-5-6-18-48-32)42-35(33)45-16-8-11-28-29(45)12-7-15-38-28/h2-4,7,9-10,12,15,19-20,26-27,32H,5-6,8,11,13-14,16-18,21-23H2,1H3,(H,40,47). The Morgan fingerprint density at radius 1 is 1.06 bits per heavy atom. The van der Waals surface area contributed by atoms with Crippen molar-refractivity contribution < 1.29 is 18.8 Å². The van der Waals surface area contributed by atoms with E-state index in [-0.39, 0.29) is 24.2 Å². The number of nitrogens with zero attached hydrogens (tertiary/aromatic N) is 8. The third-order valence-electron chi connectivity index (χ3n) is 11.0. The van der Waals surface area contributed by atoms with E-state index in [9.17, 15) is 4.79 Å². The van der Waals surface area contributed by atoms with Crippen molar-refractivity contribution in [1.29, 1.82) is 0 Å². The van der Waals surface area contributed by atoms with Crippen LogP contribution in [-0.4, -0.2) is 68.8 Å². The van der Waals surface area contributed by atoms with E-state index in [1.165, 1.54) is 0 Å². The molecule has 9 rings (SSSR count). The van der Waals surface area contributed by atoms with E-state index in [0.29, 0.717) is 19.1 Å². The second-order valence-corrected chi connectivity index (χ2v) is 13.9. The predicted molar refractivity (Wildman–Crippen MR) is 185 cm³/mol. The van der Waals surface area contributed by atoms with Gasteiger partial charge >= 0.3 is 6.09 Å². The van der Waals surface area contributed by atoms with Crippen molar-refractivity contribution in [3.8, 4) is 0 Å². The van der Waals surface area contributed by atoms with E-state index >= 15 is 0 Å². The van der Waals surface area contributed by atoms with Crippen molar-refractivity contribution in [2.45, 2.75) is 63.7 Å². The van der Waals surface area contributed by atoms with E-state index < -0.39 is 6.09 Å². The minimum absolute atomic E-state index is 0.187. The van der Waals surface area contributed by atoms with Gasteiger partial charge in [-0.2, -0.15) is 0 Å². The number of hydrogen-bond donors (Lipinski definition) is 1. The number of amides is 1. The highest BCUT2D eigenvalue weighted by Crippen LogP contribution is 2.63. The van der Waals surface area contributed by atoms with Gasteiger partial charge in [-0.05, 0) is 75.0 Å². The number of carbonyl (C=O) groups excluding carboxylic acids is 1. The molecule has 1 amide bonds. The molecular formula is C37H41N9O4. The monoisotopic (exact) mass is 675 g/mol. The number of anilines is 3. The van der Waals surface area contributed by atoms with Gasteiger partial charge in [0.2, 0.25) is 0 Å². The highest BCUT2D eigenvalue weighted by molar-refractivity contribution is 5.88. The first kappa shape index (κ1) is 31.0. The van der Waals surface area contributed by atoms with Gasteiger partial charge in [0.05, 0.1) is 23.3 Å². The molecule has 4 atom stereocenters. The van der Waals surface area contributed by atoms with Crippen LogP contribution in [0.3, 0.4) is 0 Å². The number of alkyl carbamates (subject to hydrolysis) is 1. The topological polar surface area (TPSA) is 137 Å². The number of rotatable bonds is 8. The van der Waals surface area contributed by atoms with Crippen LogP contribution < -0.4 is 15.1 Å². The lowest BCUT2D eigenvalue weighted by Gasteiger charge is -2.28.